The first-order valence-corrected chi connectivity index (χ1v) is 7.35. The first-order valence-electron chi connectivity index (χ1n) is 5.92. The predicted molar refractivity (Wildman–Crippen MR) is 68.7 cm³/mol. The fraction of sp³-hybridized carbons (Fsp3) is 1.00. The topological polar surface area (TPSA) is 35.5 Å². The summed E-state index contributed by atoms with van der Waals surface area (Å²) in [6, 6.07) is 0. The third-order valence-electron chi connectivity index (χ3n) is 3.01. The number of hydrogen-bond acceptors (Lipinski definition) is 3. The van der Waals surface area contributed by atoms with E-state index in [4.69, 9.17) is 9.05 Å². The molecular weight excluding hydrogens is 242 g/mol. The molecule has 17 heavy (non-hydrogen) atoms. The summed E-state index contributed by atoms with van der Waals surface area (Å²) < 4.78 is 35.2. The van der Waals surface area contributed by atoms with Gasteiger partial charge in [0, 0.05) is 0 Å². The van der Waals surface area contributed by atoms with Crippen LogP contribution in [0.4, 0.5) is 4.20 Å². The van der Waals surface area contributed by atoms with E-state index >= 15 is 0 Å². The zero-order valence-corrected chi connectivity index (χ0v) is 13.1. The molecule has 0 saturated heterocycles. The normalized spacial score (nSPS) is 20.8. The molecule has 0 aliphatic carbocycles. The minimum atomic E-state index is -4.50. The lowest BCUT2D eigenvalue weighted by Crippen LogP contribution is -2.28. The van der Waals surface area contributed by atoms with E-state index < -0.39 is 20.1 Å². The predicted octanol–water partition coefficient (Wildman–Crippen LogP) is 4.97. The molecule has 0 aliphatic heterocycles. The minimum absolute atomic E-state index is 0.282. The van der Waals surface area contributed by atoms with Crippen molar-refractivity contribution in [3.8, 4) is 0 Å². The Kier molecular flexibility index (Phi) is 5.40. The van der Waals surface area contributed by atoms with E-state index in [9.17, 15) is 8.76 Å². The van der Waals surface area contributed by atoms with Crippen LogP contribution in [0.5, 0.6) is 0 Å². The van der Waals surface area contributed by atoms with Crippen molar-refractivity contribution in [2.45, 2.75) is 67.6 Å². The lowest BCUT2D eigenvalue weighted by Gasteiger charge is -2.31. The van der Waals surface area contributed by atoms with Gasteiger partial charge in [-0.1, -0.05) is 41.5 Å². The van der Waals surface area contributed by atoms with Gasteiger partial charge in [0.1, 0.15) is 0 Å². The second-order valence-corrected chi connectivity index (χ2v) is 7.94. The zero-order chi connectivity index (χ0) is 14.1. The van der Waals surface area contributed by atoms with E-state index in [0.717, 1.165) is 0 Å². The molecule has 3 atom stereocenters. The van der Waals surface area contributed by atoms with Crippen LogP contribution in [0.2, 0.25) is 0 Å². The third-order valence-corrected chi connectivity index (χ3v) is 4.14. The van der Waals surface area contributed by atoms with Crippen LogP contribution >= 0.6 is 7.91 Å². The first kappa shape index (κ1) is 17.1. The average Bonchev–Trinajstić information content (AvgIpc) is 1.97. The van der Waals surface area contributed by atoms with Crippen LogP contribution in [0, 0.1) is 10.8 Å². The molecule has 0 rings (SSSR count). The van der Waals surface area contributed by atoms with Crippen LogP contribution in [-0.4, -0.2) is 12.2 Å². The van der Waals surface area contributed by atoms with E-state index in [-0.39, 0.29) is 10.8 Å². The lowest BCUT2D eigenvalue weighted by atomic mass is 9.91. The van der Waals surface area contributed by atoms with Crippen LogP contribution < -0.4 is 0 Å². The van der Waals surface area contributed by atoms with E-state index in [1.807, 2.05) is 41.5 Å². The van der Waals surface area contributed by atoms with Gasteiger partial charge in [0.05, 0.1) is 12.2 Å². The Labute approximate surface area is 105 Å². The molecule has 0 aromatic rings. The summed E-state index contributed by atoms with van der Waals surface area (Å²) >= 11 is 0. The van der Waals surface area contributed by atoms with Gasteiger partial charge in [0.2, 0.25) is 0 Å². The Morgan fingerprint density at radius 2 is 1.12 bits per heavy atom. The van der Waals surface area contributed by atoms with Gasteiger partial charge >= 0.3 is 7.91 Å². The van der Waals surface area contributed by atoms with Crippen molar-refractivity contribution in [2.24, 2.45) is 10.8 Å². The molecule has 0 aliphatic rings. The molecule has 3 nitrogen and oxygen atoms in total. The summed E-state index contributed by atoms with van der Waals surface area (Å²) in [5.74, 6) is 0. The molecule has 0 aromatic carbocycles. The average molecular weight is 268 g/mol. The largest absolute Gasteiger partial charge is 0.513 e. The Morgan fingerprint density at radius 1 is 0.882 bits per heavy atom. The molecule has 104 valence electrons. The van der Waals surface area contributed by atoms with Crippen molar-refractivity contribution < 1.29 is 17.8 Å². The molecule has 0 fully saturated rings. The van der Waals surface area contributed by atoms with Crippen molar-refractivity contribution in [1.82, 2.24) is 0 Å². The minimum Gasteiger partial charge on any atom is -0.280 e. The zero-order valence-electron chi connectivity index (χ0n) is 12.2. The molecule has 0 radical (unpaired) electrons. The fourth-order valence-corrected chi connectivity index (χ4v) is 2.16. The quantitative estimate of drug-likeness (QED) is 0.675. The van der Waals surface area contributed by atoms with Crippen molar-refractivity contribution in [3.63, 3.8) is 0 Å². The highest BCUT2D eigenvalue weighted by Crippen LogP contribution is 2.55. The second-order valence-electron chi connectivity index (χ2n) is 6.66. The highest BCUT2D eigenvalue weighted by atomic mass is 31.2. The van der Waals surface area contributed by atoms with Crippen molar-refractivity contribution in [3.05, 3.63) is 0 Å². The molecular formula is C12H26FO3P. The third kappa shape index (κ3) is 6.54. The Hall–Kier alpha value is 0.0800. The molecule has 0 saturated carbocycles. The SMILES string of the molecule is C[C@H](OP(=O)(F)O[C@H](C)C(C)(C)C)C(C)(C)C. The number of hydrogen-bond donors (Lipinski definition) is 0. The number of halogens is 1. The summed E-state index contributed by atoms with van der Waals surface area (Å²) in [7, 11) is -4.50. The van der Waals surface area contributed by atoms with E-state index in [2.05, 4.69) is 0 Å². The van der Waals surface area contributed by atoms with Gasteiger partial charge < -0.3 is 0 Å². The molecule has 5 heteroatoms. The maximum atomic E-state index is 13.8. The fourth-order valence-electron chi connectivity index (χ4n) is 0.719. The smallest absolute Gasteiger partial charge is 0.280 e. The highest BCUT2D eigenvalue weighted by molar-refractivity contribution is 7.48. The molecule has 0 bridgehead atoms. The van der Waals surface area contributed by atoms with Crippen molar-refractivity contribution in [1.29, 1.82) is 0 Å². The first-order chi connectivity index (χ1) is 7.26. The Morgan fingerprint density at radius 3 is 1.29 bits per heavy atom. The van der Waals surface area contributed by atoms with Gasteiger partial charge in [-0.2, -0.15) is 0 Å². The molecule has 0 N–H and O–H groups in total. The maximum absolute atomic E-state index is 13.8. The second kappa shape index (κ2) is 5.38. The van der Waals surface area contributed by atoms with Crippen LogP contribution in [0.25, 0.3) is 0 Å². The summed E-state index contributed by atoms with van der Waals surface area (Å²) in [5.41, 5.74) is -0.563. The monoisotopic (exact) mass is 268 g/mol. The molecule has 1 unspecified atom stereocenters. The maximum Gasteiger partial charge on any atom is 0.513 e. The lowest BCUT2D eigenvalue weighted by molar-refractivity contribution is 0.0241. The van der Waals surface area contributed by atoms with E-state index in [0.29, 0.717) is 0 Å². The molecule has 0 aromatic heterocycles. The van der Waals surface area contributed by atoms with Gasteiger partial charge in [-0.25, -0.2) is 4.57 Å². The summed E-state index contributed by atoms with van der Waals surface area (Å²) in [4.78, 5) is 0. The van der Waals surface area contributed by atoms with Crippen LogP contribution in [0.3, 0.4) is 0 Å². The van der Waals surface area contributed by atoms with Gasteiger partial charge in [0.15, 0.2) is 0 Å². The highest BCUT2D eigenvalue weighted by Gasteiger charge is 2.36. The molecule has 0 heterocycles. The molecule has 0 amide bonds. The van der Waals surface area contributed by atoms with E-state index in [1.165, 1.54) is 0 Å². The summed E-state index contributed by atoms with van der Waals surface area (Å²) in [6.07, 6.45) is -0.962. The Balaban J connectivity index is 4.56. The van der Waals surface area contributed by atoms with Gasteiger partial charge in [-0.3, -0.25) is 9.05 Å². The Bertz CT molecular complexity index is 265. The van der Waals surface area contributed by atoms with Crippen LogP contribution in [0.15, 0.2) is 0 Å². The summed E-state index contributed by atoms with van der Waals surface area (Å²) in [5, 5.41) is 0. The van der Waals surface area contributed by atoms with Crippen LogP contribution in [0.1, 0.15) is 55.4 Å². The van der Waals surface area contributed by atoms with Crippen molar-refractivity contribution >= 4 is 7.91 Å². The number of rotatable bonds is 4. The summed E-state index contributed by atoms with van der Waals surface area (Å²) in [6.45, 7) is 14.7. The van der Waals surface area contributed by atoms with Gasteiger partial charge in [0.25, 0.3) is 0 Å². The molecule has 0 spiro atoms. The standard InChI is InChI=1S/C12H26FO3P/c1-9(11(3,4)5)15-17(13,14)16-10(2)12(6,7)8/h9-10H,1-8H3/t9-,10+,17?. The van der Waals surface area contributed by atoms with E-state index in [1.54, 1.807) is 13.8 Å². The van der Waals surface area contributed by atoms with Crippen molar-refractivity contribution in [2.75, 3.05) is 0 Å². The van der Waals surface area contributed by atoms with Gasteiger partial charge in [-0.15, -0.1) is 4.20 Å². The van der Waals surface area contributed by atoms with Crippen LogP contribution in [-0.2, 0) is 13.6 Å². The van der Waals surface area contributed by atoms with Gasteiger partial charge in [-0.05, 0) is 24.7 Å².